The number of nitrogens with zero attached hydrogens (tertiary/aromatic N) is 1. The maximum atomic E-state index is 11.8. The van der Waals surface area contributed by atoms with Gasteiger partial charge < -0.3 is 4.74 Å². The number of hydrogen-bond acceptors (Lipinski definition) is 3. The number of ether oxygens (including phenoxy) is 1. The molecule has 17 heavy (non-hydrogen) atoms. The van der Waals surface area contributed by atoms with Gasteiger partial charge in [-0.05, 0) is 25.1 Å². The lowest BCUT2D eigenvalue weighted by molar-refractivity contribution is -0.136. The molecule has 2 rings (SSSR count). The first-order valence-electron chi connectivity index (χ1n) is 5.27. The summed E-state index contributed by atoms with van der Waals surface area (Å²) in [6, 6.07) is 9.41. The van der Waals surface area contributed by atoms with Crippen molar-refractivity contribution >= 4 is 27.8 Å². The second-order valence-corrected chi connectivity index (χ2v) is 4.52. The van der Waals surface area contributed by atoms with Crippen molar-refractivity contribution in [2.24, 2.45) is 4.99 Å². The Morgan fingerprint density at radius 3 is 2.76 bits per heavy atom. The number of aliphatic imine (C=N–C) groups is 1. The van der Waals surface area contributed by atoms with E-state index >= 15 is 0 Å². The number of cyclic esters (lactones) is 1. The van der Waals surface area contributed by atoms with Crippen molar-refractivity contribution in [1.29, 1.82) is 0 Å². The van der Waals surface area contributed by atoms with Gasteiger partial charge in [0, 0.05) is 10.9 Å². The van der Waals surface area contributed by atoms with Gasteiger partial charge in [-0.3, -0.25) is 0 Å². The van der Waals surface area contributed by atoms with E-state index in [1.807, 2.05) is 36.4 Å². The Morgan fingerprint density at radius 2 is 2.12 bits per heavy atom. The van der Waals surface area contributed by atoms with E-state index in [1.165, 1.54) is 0 Å². The molecule has 1 heterocycles. The summed E-state index contributed by atoms with van der Waals surface area (Å²) in [6.07, 6.45) is 3.60. The summed E-state index contributed by atoms with van der Waals surface area (Å²) in [5.41, 5.74) is -0.0873. The lowest BCUT2D eigenvalue weighted by Gasteiger charge is -2.08. The summed E-state index contributed by atoms with van der Waals surface area (Å²) < 4.78 is 5.20. The van der Waals surface area contributed by atoms with E-state index in [1.54, 1.807) is 13.0 Å². The summed E-state index contributed by atoms with van der Waals surface area (Å²) in [6.45, 7) is 1.74. The minimum absolute atomic E-state index is 0.339. The average Bonchev–Trinajstić information content (AvgIpc) is 2.65. The fourth-order valence-corrected chi connectivity index (χ4v) is 1.74. The van der Waals surface area contributed by atoms with Gasteiger partial charge in [-0.15, -0.1) is 0 Å². The quantitative estimate of drug-likeness (QED) is 0.488. The first-order valence-corrected chi connectivity index (χ1v) is 6.39. The highest BCUT2D eigenvalue weighted by atomic mass is 79.9. The first kappa shape index (κ1) is 12.0. The van der Waals surface area contributed by atoms with Gasteiger partial charge in [0.05, 0.1) is 0 Å². The molecule has 1 atom stereocenters. The molecule has 0 spiro atoms. The van der Waals surface area contributed by atoms with Crippen LogP contribution in [0, 0.1) is 0 Å². The van der Waals surface area contributed by atoms with Crippen LogP contribution in [0.3, 0.4) is 0 Å². The zero-order chi connectivity index (χ0) is 12.3. The molecule has 1 aliphatic heterocycles. The van der Waals surface area contributed by atoms with Gasteiger partial charge in [-0.25, -0.2) is 9.79 Å². The lowest BCUT2D eigenvalue weighted by Crippen LogP contribution is -2.27. The van der Waals surface area contributed by atoms with Crippen LogP contribution in [-0.2, 0) is 9.53 Å². The summed E-state index contributed by atoms with van der Waals surface area (Å²) >= 11 is 3.27. The Balaban J connectivity index is 2.31. The molecule has 0 N–H and O–H groups in total. The third-order valence-corrected chi connectivity index (χ3v) is 2.86. The highest BCUT2D eigenvalue weighted by Crippen LogP contribution is 2.24. The molecular formula is C13H12BrNO2. The molecule has 1 aromatic rings. The third kappa shape index (κ3) is 2.47. The Labute approximate surface area is 108 Å². The topological polar surface area (TPSA) is 38.7 Å². The number of allylic oxidation sites excluding steroid dienone is 1. The minimum atomic E-state index is -0.904. The number of rotatable bonds is 3. The molecular weight excluding hydrogens is 282 g/mol. The number of carbonyl (C=O) groups is 1. The Bertz CT molecular complexity index is 481. The van der Waals surface area contributed by atoms with Crippen LogP contribution in [0.2, 0.25) is 0 Å². The summed E-state index contributed by atoms with van der Waals surface area (Å²) in [4.78, 5) is 16.1. The van der Waals surface area contributed by atoms with Crippen LogP contribution in [0.25, 0.3) is 0 Å². The maximum Gasteiger partial charge on any atom is 0.344 e. The van der Waals surface area contributed by atoms with Crippen molar-refractivity contribution in [1.82, 2.24) is 0 Å². The zero-order valence-corrected chi connectivity index (χ0v) is 11.0. The number of hydrogen-bond donors (Lipinski definition) is 0. The molecule has 1 aromatic carbocycles. The zero-order valence-electron chi connectivity index (χ0n) is 9.39. The van der Waals surface area contributed by atoms with Crippen LogP contribution in [0.1, 0.15) is 12.5 Å². The molecule has 0 aliphatic carbocycles. The number of benzene rings is 1. The van der Waals surface area contributed by atoms with Crippen LogP contribution < -0.4 is 0 Å². The van der Waals surface area contributed by atoms with Gasteiger partial charge in [-0.2, -0.15) is 0 Å². The van der Waals surface area contributed by atoms with E-state index in [-0.39, 0.29) is 5.97 Å². The van der Waals surface area contributed by atoms with E-state index in [0.29, 0.717) is 11.2 Å². The van der Waals surface area contributed by atoms with Crippen LogP contribution in [0.4, 0.5) is 0 Å². The molecule has 4 heteroatoms. The van der Waals surface area contributed by atoms with Crippen molar-refractivity contribution in [3.8, 4) is 0 Å². The van der Waals surface area contributed by atoms with Gasteiger partial charge in [-0.1, -0.05) is 40.2 Å². The molecule has 0 saturated carbocycles. The molecule has 1 aliphatic rings. The Hall–Kier alpha value is -1.42. The van der Waals surface area contributed by atoms with Crippen LogP contribution in [0.15, 0.2) is 47.5 Å². The highest BCUT2D eigenvalue weighted by molar-refractivity contribution is 9.09. The molecule has 0 fully saturated rings. The molecule has 0 aromatic heterocycles. The average molecular weight is 294 g/mol. The van der Waals surface area contributed by atoms with Crippen molar-refractivity contribution in [2.45, 2.75) is 12.5 Å². The molecule has 0 radical (unpaired) electrons. The number of esters is 1. The van der Waals surface area contributed by atoms with E-state index in [2.05, 4.69) is 20.9 Å². The maximum absolute atomic E-state index is 11.8. The Kier molecular flexibility index (Phi) is 3.43. The largest absolute Gasteiger partial charge is 0.405 e. The van der Waals surface area contributed by atoms with Crippen LogP contribution >= 0.6 is 15.9 Å². The summed E-state index contributed by atoms with van der Waals surface area (Å²) in [5, 5.41) is 0.687. The number of halogens is 1. The molecule has 0 amide bonds. The lowest BCUT2D eigenvalue weighted by atomic mass is 10.0. The molecule has 0 saturated heterocycles. The molecule has 88 valence electrons. The monoisotopic (exact) mass is 293 g/mol. The molecule has 0 bridgehead atoms. The van der Waals surface area contributed by atoms with Crippen molar-refractivity contribution in [3.05, 3.63) is 48.0 Å². The van der Waals surface area contributed by atoms with E-state index in [9.17, 15) is 4.79 Å². The van der Waals surface area contributed by atoms with Gasteiger partial charge in [0.2, 0.25) is 5.90 Å². The van der Waals surface area contributed by atoms with Crippen LogP contribution in [-0.4, -0.2) is 22.7 Å². The SMILES string of the molecule is CC1(/C=C/CBr)N=C(c2ccccc2)OC1=O. The van der Waals surface area contributed by atoms with Crippen LogP contribution in [0.5, 0.6) is 0 Å². The van der Waals surface area contributed by atoms with E-state index < -0.39 is 5.54 Å². The van der Waals surface area contributed by atoms with Crippen molar-refractivity contribution in [2.75, 3.05) is 5.33 Å². The standard InChI is InChI=1S/C13H12BrNO2/c1-13(8-5-9-14)12(16)17-11(15-13)10-6-3-2-4-7-10/h2-8H,9H2,1H3/b8-5+. The summed E-state index contributed by atoms with van der Waals surface area (Å²) in [5.74, 6) is 0.0471. The number of alkyl halides is 1. The van der Waals surface area contributed by atoms with Gasteiger partial charge in [0.1, 0.15) is 0 Å². The van der Waals surface area contributed by atoms with E-state index in [4.69, 9.17) is 4.74 Å². The fraction of sp³-hybridized carbons (Fsp3) is 0.231. The third-order valence-electron chi connectivity index (χ3n) is 2.49. The predicted molar refractivity (Wildman–Crippen MR) is 70.4 cm³/mol. The van der Waals surface area contributed by atoms with E-state index in [0.717, 1.165) is 5.56 Å². The Morgan fingerprint density at radius 1 is 1.41 bits per heavy atom. The molecule has 1 unspecified atom stereocenters. The smallest absolute Gasteiger partial charge is 0.344 e. The molecule has 3 nitrogen and oxygen atoms in total. The second-order valence-electron chi connectivity index (χ2n) is 3.88. The minimum Gasteiger partial charge on any atom is -0.405 e. The normalized spacial score (nSPS) is 23.9. The van der Waals surface area contributed by atoms with Gasteiger partial charge >= 0.3 is 5.97 Å². The first-order chi connectivity index (χ1) is 8.15. The van der Waals surface area contributed by atoms with Gasteiger partial charge in [0.15, 0.2) is 5.54 Å². The summed E-state index contributed by atoms with van der Waals surface area (Å²) in [7, 11) is 0. The number of carbonyl (C=O) groups excluding carboxylic acids is 1. The second kappa shape index (κ2) is 4.84. The van der Waals surface area contributed by atoms with Crippen molar-refractivity contribution < 1.29 is 9.53 Å². The predicted octanol–water partition coefficient (Wildman–Crippen LogP) is 2.70. The van der Waals surface area contributed by atoms with Gasteiger partial charge in [0.25, 0.3) is 0 Å². The highest BCUT2D eigenvalue weighted by Gasteiger charge is 2.39. The van der Waals surface area contributed by atoms with Crippen molar-refractivity contribution in [3.63, 3.8) is 0 Å². The fourth-order valence-electron chi connectivity index (χ4n) is 1.55.